The van der Waals surface area contributed by atoms with Crippen molar-refractivity contribution in [1.29, 1.82) is 0 Å². The maximum absolute atomic E-state index is 12.5. The van der Waals surface area contributed by atoms with Crippen LogP contribution in [0.5, 0.6) is 0 Å². The van der Waals surface area contributed by atoms with E-state index in [0.29, 0.717) is 25.3 Å². The second-order valence-corrected chi connectivity index (χ2v) is 6.81. The SMILES string of the molecule is Cc1noc(C)c1CC(=O)N(C)C[C@]1(O)CCN(c2ccccn2)C1. The zero-order chi connectivity index (χ0) is 18.0. The first kappa shape index (κ1) is 17.4. The number of likely N-dealkylation sites (N-methyl/N-ethyl adjacent to an activating group) is 1. The molecule has 3 heterocycles. The minimum Gasteiger partial charge on any atom is -0.386 e. The number of amides is 1. The molecule has 1 N–H and O–H groups in total. The van der Waals surface area contributed by atoms with E-state index < -0.39 is 5.60 Å². The molecule has 3 rings (SSSR count). The van der Waals surface area contributed by atoms with Crippen molar-refractivity contribution in [3.8, 4) is 0 Å². The van der Waals surface area contributed by atoms with E-state index in [1.165, 1.54) is 0 Å². The third-order valence-corrected chi connectivity index (χ3v) is 4.77. The molecular formula is C18H24N4O3. The van der Waals surface area contributed by atoms with Crippen LogP contribution in [0.15, 0.2) is 28.9 Å². The van der Waals surface area contributed by atoms with Crippen LogP contribution in [-0.4, -0.2) is 58.3 Å². The van der Waals surface area contributed by atoms with Gasteiger partial charge >= 0.3 is 0 Å². The number of pyridine rings is 1. The van der Waals surface area contributed by atoms with E-state index in [1.807, 2.05) is 30.0 Å². The van der Waals surface area contributed by atoms with Crippen molar-refractivity contribution in [2.45, 2.75) is 32.3 Å². The van der Waals surface area contributed by atoms with Crippen molar-refractivity contribution in [2.75, 3.05) is 31.6 Å². The highest BCUT2D eigenvalue weighted by Crippen LogP contribution is 2.26. The molecule has 134 valence electrons. The summed E-state index contributed by atoms with van der Waals surface area (Å²) < 4.78 is 5.11. The topological polar surface area (TPSA) is 82.7 Å². The van der Waals surface area contributed by atoms with Gasteiger partial charge in [-0.25, -0.2) is 4.98 Å². The van der Waals surface area contributed by atoms with Crippen LogP contribution in [-0.2, 0) is 11.2 Å². The summed E-state index contributed by atoms with van der Waals surface area (Å²) in [6.45, 7) is 5.11. The summed E-state index contributed by atoms with van der Waals surface area (Å²) in [6, 6.07) is 5.73. The van der Waals surface area contributed by atoms with Crippen molar-refractivity contribution >= 4 is 11.7 Å². The predicted molar refractivity (Wildman–Crippen MR) is 93.3 cm³/mol. The van der Waals surface area contributed by atoms with E-state index >= 15 is 0 Å². The zero-order valence-corrected chi connectivity index (χ0v) is 14.9. The van der Waals surface area contributed by atoms with Gasteiger partial charge in [-0.05, 0) is 32.4 Å². The van der Waals surface area contributed by atoms with Gasteiger partial charge in [0.2, 0.25) is 5.91 Å². The minimum absolute atomic E-state index is 0.0564. The Bertz CT molecular complexity index is 727. The number of β-amino-alcohol motifs (C(OH)–C–C–N with tert-alkyl or cyclic N) is 1. The number of hydrogen-bond acceptors (Lipinski definition) is 6. The monoisotopic (exact) mass is 344 g/mol. The fourth-order valence-corrected chi connectivity index (χ4v) is 3.29. The molecule has 1 fully saturated rings. The summed E-state index contributed by atoms with van der Waals surface area (Å²) in [6.07, 6.45) is 2.58. The molecule has 0 bridgehead atoms. The smallest absolute Gasteiger partial charge is 0.227 e. The Morgan fingerprint density at radius 2 is 2.24 bits per heavy atom. The maximum Gasteiger partial charge on any atom is 0.227 e. The Morgan fingerprint density at radius 1 is 1.44 bits per heavy atom. The highest BCUT2D eigenvalue weighted by molar-refractivity contribution is 5.79. The number of hydrogen-bond donors (Lipinski definition) is 1. The van der Waals surface area contributed by atoms with Gasteiger partial charge in [0.1, 0.15) is 17.2 Å². The van der Waals surface area contributed by atoms with Crippen LogP contribution in [0.3, 0.4) is 0 Å². The number of anilines is 1. The van der Waals surface area contributed by atoms with Gasteiger partial charge in [-0.1, -0.05) is 11.2 Å². The number of aryl methyl sites for hydroxylation is 2. The summed E-state index contributed by atoms with van der Waals surface area (Å²) in [5, 5.41) is 14.8. The van der Waals surface area contributed by atoms with E-state index in [0.717, 1.165) is 23.6 Å². The van der Waals surface area contributed by atoms with Gasteiger partial charge in [0, 0.05) is 31.9 Å². The molecule has 7 heteroatoms. The molecular weight excluding hydrogens is 320 g/mol. The third kappa shape index (κ3) is 3.82. The summed E-state index contributed by atoms with van der Waals surface area (Å²) in [5.74, 6) is 1.46. The van der Waals surface area contributed by atoms with Crippen LogP contribution in [0, 0.1) is 13.8 Å². The Balaban J connectivity index is 1.60. The number of aliphatic hydroxyl groups is 1. The van der Waals surface area contributed by atoms with E-state index in [1.54, 1.807) is 25.1 Å². The van der Waals surface area contributed by atoms with E-state index in [-0.39, 0.29) is 12.3 Å². The lowest BCUT2D eigenvalue weighted by Crippen LogP contribution is -2.46. The molecule has 2 aromatic heterocycles. The van der Waals surface area contributed by atoms with Gasteiger partial charge in [-0.3, -0.25) is 4.79 Å². The third-order valence-electron chi connectivity index (χ3n) is 4.77. The molecule has 2 aromatic rings. The molecule has 1 aliphatic heterocycles. The van der Waals surface area contributed by atoms with Crippen LogP contribution in [0.25, 0.3) is 0 Å². The van der Waals surface area contributed by atoms with E-state index in [9.17, 15) is 9.90 Å². The molecule has 7 nitrogen and oxygen atoms in total. The molecule has 1 amide bonds. The predicted octanol–water partition coefficient (Wildman–Crippen LogP) is 1.33. The lowest BCUT2D eigenvalue weighted by molar-refractivity contribution is -0.132. The average molecular weight is 344 g/mol. The van der Waals surface area contributed by atoms with Crippen molar-refractivity contribution in [1.82, 2.24) is 15.0 Å². The second-order valence-electron chi connectivity index (χ2n) is 6.81. The lowest BCUT2D eigenvalue weighted by atomic mass is 10.0. The number of carbonyl (C=O) groups is 1. The molecule has 25 heavy (non-hydrogen) atoms. The summed E-state index contributed by atoms with van der Waals surface area (Å²) >= 11 is 0. The largest absolute Gasteiger partial charge is 0.386 e. The normalized spacial score (nSPS) is 20.1. The lowest BCUT2D eigenvalue weighted by Gasteiger charge is -2.29. The fourth-order valence-electron chi connectivity index (χ4n) is 3.29. The Hall–Kier alpha value is -2.41. The molecule has 0 spiro atoms. The average Bonchev–Trinajstić information content (AvgIpc) is 3.13. The van der Waals surface area contributed by atoms with Gasteiger partial charge in [0.15, 0.2) is 0 Å². The number of rotatable bonds is 5. The molecule has 1 atom stereocenters. The molecule has 1 aliphatic rings. The number of nitrogens with zero attached hydrogens (tertiary/aromatic N) is 4. The van der Waals surface area contributed by atoms with Crippen molar-refractivity contribution < 1.29 is 14.4 Å². The quantitative estimate of drug-likeness (QED) is 0.881. The Labute approximate surface area is 147 Å². The van der Waals surface area contributed by atoms with Crippen LogP contribution in [0.2, 0.25) is 0 Å². The molecule has 0 aliphatic carbocycles. The zero-order valence-electron chi connectivity index (χ0n) is 14.9. The standard InChI is InChI=1S/C18H24N4O3/c1-13-15(14(2)25-20-13)10-17(23)21(3)11-18(24)7-9-22(12-18)16-6-4-5-8-19-16/h4-6,8,24H,7,9-12H2,1-3H3/t18-/m1/s1. The Morgan fingerprint density at radius 3 is 2.88 bits per heavy atom. The van der Waals surface area contributed by atoms with Crippen LogP contribution < -0.4 is 4.90 Å². The Kier molecular flexibility index (Phi) is 4.76. The summed E-state index contributed by atoms with van der Waals surface area (Å²) in [5.41, 5.74) is 0.631. The molecule has 0 unspecified atom stereocenters. The second kappa shape index (κ2) is 6.84. The summed E-state index contributed by atoms with van der Waals surface area (Å²) in [7, 11) is 1.72. The van der Waals surface area contributed by atoms with Crippen LogP contribution >= 0.6 is 0 Å². The number of carbonyl (C=O) groups excluding carboxylic acids is 1. The van der Waals surface area contributed by atoms with Crippen molar-refractivity contribution in [2.24, 2.45) is 0 Å². The minimum atomic E-state index is -0.930. The highest BCUT2D eigenvalue weighted by Gasteiger charge is 2.38. The highest BCUT2D eigenvalue weighted by atomic mass is 16.5. The van der Waals surface area contributed by atoms with Crippen LogP contribution in [0.1, 0.15) is 23.4 Å². The molecule has 0 aromatic carbocycles. The molecule has 0 saturated carbocycles. The van der Waals surface area contributed by atoms with Crippen molar-refractivity contribution in [3.63, 3.8) is 0 Å². The van der Waals surface area contributed by atoms with E-state index in [2.05, 4.69) is 10.1 Å². The van der Waals surface area contributed by atoms with Crippen LogP contribution in [0.4, 0.5) is 5.82 Å². The molecule has 1 saturated heterocycles. The maximum atomic E-state index is 12.5. The van der Waals surface area contributed by atoms with Gasteiger partial charge in [0.05, 0.1) is 18.7 Å². The van der Waals surface area contributed by atoms with Gasteiger partial charge < -0.3 is 19.4 Å². The fraction of sp³-hybridized carbons (Fsp3) is 0.500. The summed E-state index contributed by atoms with van der Waals surface area (Å²) in [4.78, 5) is 20.5. The van der Waals surface area contributed by atoms with Gasteiger partial charge in [-0.15, -0.1) is 0 Å². The first-order chi connectivity index (χ1) is 11.9. The van der Waals surface area contributed by atoms with Crippen molar-refractivity contribution in [3.05, 3.63) is 41.4 Å². The number of aromatic nitrogens is 2. The first-order valence-corrected chi connectivity index (χ1v) is 8.42. The first-order valence-electron chi connectivity index (χ1n) is 8.42. The molecule has 0 radical (unpaired) electrons. The van der Waals surface area contributed by atoms with E-state index in [4.69, 9.17) is 4.52 Å². The van der Waals surface area contributed by atoms with Gasteiger partial charge in [-0.2, -0.15) is 0 Å². The van der Waals surface area contributed by atoms with Gasteiger partial charge in [0.25, 0.3) is 0 Å².